The van der Waals surface area contributed by atoms with Crippen LogP contribution in [0.4, 0.5) is 0 Å². The van der Waals surface area contributed by atoms with Gasteiger partial charge >= 0.3 is 39.5 Å². The maximum Gasteiger partial charge on any atom is 0.472 e. The van der Waals surface area contributed by atoms with Crippen LogP contribution in [0.1, 0.15) is 420 Å². The maximum absolute atomic E-state index is 13.1. The zero-order chi connectivity index (χ0) is 72.8. The van der Waals surface area contributed by atoms with Crippen molar-refractivity contribution in [3.8, 4) is 0 Å². The highest BCUT2D eigenvalue weighted by Crippen LogP contribution is 2.45. The number of phosphoric ester groups is 2. The summed E-state index contributed by atoms with van der Waals surface area (Å²) < 4.78 is 68.6. The summed E-state index contributed by atoms with van der Waals surface area (Å²) in [6, 6.07) is 0. The number of carbonyl (C=O) groups is 4. The molecule has 0 radical (unpaired) electrons. The molecule has 0 heterocycles. The fourth-order valence-electron chi connectivity index (χ4n) is 12.4. The van der Waals surface area contributed by atoms with E-state index < -0.39 is 97.5 Å². The summed E-state index contributed by atoms with van der Waals surface area (Å²) >= 11 is 0. The van der Waals surface area contributed by atoms with Crippen molar-refractivity contribution in [2.45, 2.75) is 439 Å². The van der Waals surface area contributed by atoms with E-state index in [9.17, 15) is 43.2 Å². The molecule has 0 saturated heterocycles. The molecule has 0 aromatic carbocycles. The molecule has 0 amide bonds. The third kappa shape index (κ3) is 74.1. The van der Waals surface area contributed by atoms with Crippen molar-refractivity contribution in [1.82, 2.24) is 0 Å². The lowest BCUT2D eigenvalue weighted by molar-refractivity contribution is -0.161. The average molecular weight is 1450 g/mol. The van der Waals surface area contributed by atoms with Gasteiger partial charge in [0.15, 0.2) is 12.2 Å². The molecule has 588 valence electrons. The van der Waals surface area contributed by atoms with Crippen LogP contribution in [0.5, 0.6) is 0 Å². The third-order valence-corrected chi connectivity index (χ3v) is 20.6. The molecule has 17 nitrogen and oxygen atoms in total. The molecule has 3 N–H and O–H groups in total. The van der Waals surface area contributed by atoms with Crippen LogP contribution in [0.3, 0.4) is 0 Å². The van der Waals surface area contributed by atoms with Gasteiger partial charge in [-0.2, -0.15) is 0 Å². The number of aliphatic hydroxyl groups excluding tert-OH is 1. The normalized spacial score (nSPS) is 13.9. The smallest absolute Gasteiger partial charge is 0.462 e. The van der Waals surface area contributed by atoms with Crippen LogP contribution in [-0.2, 0) is 65.4 Å². The number of unbranched alkanes of at least 4 members (excludes halogenated alkanes) is 49. The van der Waals surface area contributed by atoms with Gasteiger partial charge in [-0.15, -0.1) is 0 Å². The van der Waals surface area contributed by atoms with E-state index in [1.54, 1.807) is 0 Å². The van der Waals surface area contributed by atoms with E-state index >= 15 is 0 Å². The van der Waals surface area contributed by atoms with Crippen LogP contribution in [0.25, 0.3) is 0 Å². The Balaban J connectivity index is 5.19. The highest BCUT2D eigenvalue weighted by atomic mass is 31.2. The molecule has 0 aliphatic rings. The van der Waals surface area contributed by atoms with Gasteiger partial charge in [-0.05, 0) is 37.5 Å². The van der Waals surface area contributed by atoms with Crippen molar-refractivity contribution >= 4 is 39.5 Å². The molecule has 0 aliphatic heterocycles. The van der Waals surface area contributed by atoms with Gasteiger partial charge in [-0.3, -0.25) is 37.3 Å². The first-order chi connectivity index (χ1) is 47.9. The number of hydrogen-bond donors (Lipinski definition) is 3. The monoisotopic (exact) mass is 1450 g/mol. The van der Waals surface area contributed by atoms with Crippen LogP contribution in [0.15, 0.2) is 0 Å². The number of esters is 4. The number of ether oxygens (including phenoxy) is 4. The van der Waals surface area contributed by atoms with Crippen LogP contribution < -0.4 is 0 Å². The van der Waals surface area contributed by atoms with Crippen LogP contribution in [0, 0.1) is 11.8 Å². The Morgan fingerprint density at radius 3 is 0.687 bits per heavy atom. The number of rotatable bonds is 79. The lowest BCUT2D eigenvalue weighted by Gasteiger charge is -2.21. The molecule has 0 aromatic rings. The Bertz CT molecular complexity index is 1910. The van der Waals surface area contributed by atoms with Crippen LogP contribution in [-0.4, -0.2) is 96.7 Å². The molecule has 5 atom stereocenters. The Morgan fingerprint density at radius 2 is 0.465 bits per heavy atom. The van der Waals surface area contributed by atoms with E-state index in [1.165, 1.54) is 238 Å². The summed E-state index contributed by atoms with van der Waals surface area (Å²) in [5.74, 6) is -0.583. The van der Waals surface area contributed by atoms with E-state index in [1.807, 2.05) is 0 Å². The van der Waals surface area contributed by atoms with Gasteiger partial charge in [0.1, 0.15) is 19.3 Å². The lowest BCUT2D eigenvalue weighted by atomic mass is 10.0. The third-order valence-electron chi connectivity index (χ3n) is 18.7. The predicted molar refractivity (Wildman–Crippen MR) is 405 cm³/mol. The van der Waals surface area contributed by atoms with E-state index in [0.29, 0.717) is 25.7 Å². The second-order valence-electron chi connectivity index (χ2n) is 29.8. The lowest BCUT2D eigenvalue weighted by Crippen LogP contribution is -2.30. The topological polar surface area (TPSA) is 237 Å². The number of carbonyl (C=O) groups excluding carboxylic acids is 4. The fraction of sp³-hybridized carbons (Fsp3) is 0.950. The number of hydrogen-bond acceptors (Lipinski definition) is 15. The first-order valence-corrected chi connectivity index (χ1v) is 44.5. The highest BCUT2D eigenvalue weighted by Gasteiger charge is 2.30. The Morgan fingerprint density at radius 1 is 0.273 bits per heavy atom. The van der Waals surface area contributed by atoms with Crippen molar-refractivity contribution < 1.29 is 80.2 Å². The fourth-order valence-corrected chi connectivity index (χ4v) is 13.9. The maximum atomic E-state index is 13.1. The Kier molecular flexibility index (Phi) is 70.3. The van der Waals surface area contributed by atoms with E-state index in [2.05, 4.69) is 41.5 Å². The molecule has 0 fully saturated rings. The van der Waals surface area contributed by atoms with E-state index in [0.717, 1.165) is 102 Å². The molecule has 0 bridgehead atoms. The molecule has 0 spiro atoms. The molecule has 0 saturated carbocycles. The van der Waals surface area contributed by atoms with E-state index in [-0.39, 0.29) is 25.7 Å². The molecule has 99 heavy (non-hydrogen) atoms. The van der Waals surface area contributed by atoms with Crippen molar-refractivity contribution in [3.63, 3.8) is 0 Å². The number of aliphatic hydroxyl groups is 1. The van der Waals surface area contributed by atoms with Crippen molar-refractivity contribution in [1.29, 1.82) is 0 Å². The minimum atomic E-state index is -4.96. The quantitative estimate of drug-likeness (QED) is 0.0222. The van der Waals surface area contributed by atoms with Gasteiger partial charge in [0, 0.05) is 25.7 Å². The van der Waals surface area contributed by atoms with Crippen LogP contribution in [0.2, 0.25) is 0 Å². The highest BCUT2D eigenvalue weighted by molar-refractivity contribution is 7.47. The minimum Gasteiger partial charge on any atom is -0.462 e. The predicted octanol–water partition coefficient (Wildman–Crippen LogP) is 23.9. The first kappa shape index (κ1) is 97.1. The molecular formula is C80H156O17P2. The second-order valence-corrected chi connectivity index (χ2v) is 32.7. The molecule has 0 rings (SSSR count). The Labute approximate surface area is 607 Å². The van der Waals surface area contributed by atoms with Gasteiger partial charge in [0.2, 0.25) is 0 Å². The summed E-state index contributed by atoms with van der Waals surface area (Å²) in [5.41, 5.74) is 0. The van der Waals surface area contributed by atoms with Crippen molar-refractivity contribution in [2.75, 3.05) is 39.6 Å². The summed E-state index contributed by atoms with van der Waals surface area (Å²) in [6.45, 7) is 9.59. The molecule has 0 aromatic heterocycles. The summed E-state index contributed by atoms with van der Waals surface area (Å²) in [6.07, 6.45) is 61.3. The average Bonchev–Trinajstić information content (AvgIpc) is 1.13. The SMILES string of the molecule is CCCCCCCCCCCCCCCCCCCCCCC(=O)O[C@H](COC(=O)CCCCCCCCCCCCCCCCCCC(C)C)COP(=O)(O)OC[C@@H](O)COP(=O)(O)OC[C@@H](COC(=O)CCCCCCCCCCC)OC(=O)CCCCCCCCCCC(C)C. The minimum absolute atomic E-state index is 0.105. The summed E-state index contributed by atoms with van der Waals surface area (Å²) in [5, 5.41) is 10.6. The Hall–Kier alpha value is -1.94. The van der Waals surface area contributed by atoms with Gasteiger partial charge in [0.25, 0.3) is 0 Å². The van der Waals surface area contributed by atoms with E-state index in [4.69, 9.17) is 37.0 Å². The molecule has 0 aliphatic carbocycles. The molecule has 2 unspecified atom stereocenters. The second kappa shape index (κ2) is 71.7. The largest absolute Gasteiger partial charge is 0.472 e. The van der Waals surface area contributed by atoms with Gasteiger partial charge in [-0.25, -0.2) is 9.13 Å². The zero-order valence-corrected chi connectivity index (χ0v) is 66.6. The van der Waals surface area contributed by atoms with Crippen molar-refractivity contribution in [3.05, 3.63) is 0 Å². The standard InChI is InChI=1S/C80H156O17P2/c1-7-9-11-13-15-17-18-19-20-21-22-23-24-29-32-35-39-46-52-58-64-79(84)96-75(69-91-78(83)63-57-51-45-38-34-31-28-26-25-27-30-33-37-42-48-54-60-72(3)4)70-94-98(86,87)92-66-74(81)67-93-99(88,89)95-71-76(68-90-77(82)62-56-50-44-36-16-14-12-10-8-2)97-80(85)65-59-53-47-41-40-43-49-55-61-73(5)6/h72-76,81H,7-71H2,1-6H3,(H,86,87)(H,88,89)/t74-,75-,76-/m1/s1. The zero-order valence-electron chi connectivity index (χ0n) is 64.8. The van der Waals surface area contributed by atoms with Crippen LogP contribution >= 0.6 is 15.6 Å². The van der Waals surface area contributed by atoms with Gasteiger partial charge < -0.3 is 33.8 Å². The summed E-state index contributed by atoms with van der Waals surface area (Å²) in [4.78, 5) is 72.9. The molecule has 19 heteroatoms. The molecular weight excluding hydrogens is 1290 g/mol. The summed E-state index contributed by atoms with van der Waals surface area (Å²) in [7, 11) is -9.91. The number of phosphoric acid groups is 2. The van der Waals surface area contributed by atoms with Gasteiger partial charge in [-0.1, -0.05) is 369 Å². The van der Waals surface area contributed by atoms with Gasteiger partial charge in [0.05, 0.1) is 26.4 Å². The first-order valence-electron chi connectivity index (χ1n) is 41.5. The van der Waals surface area contributed by atoms with Crippen molar-refractivity contribution in [2.24, 2.45) is 11.8 Å².